The van der Waals surface area contributed by atoms with Crippen molar-refractivity contribution in [3.8, 4) is 0 Å². The average molecular weight is 369 g/mol. The minimum Gasteiger partial charge on any atom is -0.330 e. The Hall–Kier alpha value is -1.53. The normalized spacial score (nSPS) is 12.8. The van der Waals surface area contributed by atoms with Crippen molar-refractivity contribution in [2.24, 2.45) is 0 Å². The lowest BCUT2D eigenvalue weighted by Crippen LogP contribution is -2.08. The minimum absolute atomic E-state index is 0.289. The number of benzene rings is 2. The first-order valence-corrected chi connectivity index (χ1v) is 7.53. The number of aromatic nitrogens is 2. The van der Waals surface area contributed by atoms with Crippen LogP contribution in [0.25, 0.3) is 11.0 Å². The number of nitrogens with zero attached hydrogens (tertiary/aromatic N) is 1. The van der Waals surface area contributed by atoms with E-state index in [4.69, 9.17) is 12.2 Å². The molecule has 0 aliphatic heterocycles. The number of imidazole rings is 1. The van der Waals surface area contributed by atoms with Gasteiger partial charge in [0, 0.05) is 11.6 Å². The van der Waals surface area contributed by atoms with Crippen molar-refractivity contribution in [2.45, 2.75) is 13.0 Å². The molecule has 3 aromatic rings. The van der Waals surface area contributed by atoms with Crippen LogP contribution in [0.1, 0.15) is 18.5 Å². The van der Waals surface area contributed by atoms with E-state index in [1.807, 2.05) is 6.92 Å². The summed E-state index contributed by atoms with van der Waals surface area (Å²) in [7, 11) is 0. The fraction of sp³-hybridized carbons (Fsp3) is 0.133. The highest BCUT2D eigenvalue weighted by molar-refractivity contribution is 9.10. The molecule has 21 heavy (non-hydrogen) atoms. The summed E-state index contributed by atoms with van der Waals surface area (Å²) >= 11 is 8.48. The van der Waals surface area contributed by atoms with Crippen molar-refractivity contribution >= 4 is 39.2 Å². The zero-order chi connectivity index (χ0) is 15.1. The summed E-state index contributed by atoms with van der Waals surface area (Å²) in [5.41, 5.74) is 1.85. The molecule has 6 heteroatoms. The van der Waals surface area contributed by atoms with Gasteiger partial charge in [0.2, 0.25) is 0 Å². The van der Waals surface area contributed by atoms with Gasteiger partial charge < -0.3 is 9.55 Å². The van der Waals surface area contributed by atoms with E-state index in [1.54, 1.807) is 28.8 Å². The Kier molecular flexibility index (Phi) is 3.67. The summed E-state index contributed by atoms with van der Waals surface area (Å²) in [5.74, 6) is -0.660. The summed E-state index contributed by atoms with van der Waals surface area (Å²) in [6.07, 6.45) is 0. The third kappa shape index (κ3) is 2.42. The molecular weight excluding hydrogens is 358 g/mol. The van der Waals surface area contributed by atoms with Crippen LogP contribution in [-0.2, 0) is 0 Å². The van der Waals surface area contributed by atoms with Gasteiger partial charge in [0.1, 0.15) is 11.6 Å². The van der Waals surface area contributed by atoms with Crippen molar-refractivity contribution in [3.63, 3.8) is 0 Å². The number of H-pyrrole nitrogens is 1. The van der Waals surface area contributed by atoms with Gasteiger partial charge >= 0.3 is 0 Å². The number of fused-ring (bicyclic) bond motifs is 1. The van der Waals surface area contributed by atoms with Crippen LogP contribution in [0.15, 0.2) is 40.9 Å². The maximum Gasteiger partial charge on any atom is 0.178 e. The Morgan fingerprint density at radius 2 is 1.90 bits per heavy atom. The van der Waals surface area contributed by atoms with E-state index in [-0.39, 0.29) is 17.7 Å². The quantitative estimate of drug-likeness (QED) is 0.604. The Labute approximate surface area is 133 Å². The molecule has 0 amide bonds. The number of hydrogen-bond donors (Lipinski definition) is 1. The number of halogens is 3. The smallest absolute Gasteiger partial charge is 0.178 e. The second-order valence-electron chi connectivity index (χ2n) is 4.78. The second kappa shape index (κ2) is 5.35. The molecule has 0 aliphatic rings. The van der Waals surface area contributed by atoms with Crippen LogP contribution in [-0.4, -0.2) is 9.55 Å². The van der Waals surface area contributed by atoms with Gasteiger partial charge in [0.25, 0.3) is 0 Å². The van der Waals surface area contributed by atoms with Crippen LogP contribution in [0.3, 0.4) is 0 Å². The van der Waals surface area contributed by atoms with Gasteiger partial charge in [-0.05, 0) is 47.2 Å². The molecule has 108 valence electrons. The molecule has 2 aromatic carbocycles. The minimum atomic E-state index is -0.371. The van der Waals surface area contributed by atoms with Gasteiger partial charge in [-0.2, -0.15) is 0 Å². The zero-order valence-corrected chi connectivity index (χ0v) is 13.4. The van der Waals surface area contributed by atoms with Gasteiger partial charge in [-0.3, -0.25) is 0 Å². The predicted molar refractivity (Wildman–Crippen MR) is 85.0 cm³/mol. The Morgan fingerprint density at radius 1 is 1.19 bits per heavy atom. The molecule has 3 rings (SSSR count). The van der Waals surface area contributed by atoms with Crippen LogP contribution in [0.4, 0.5) is 8.78 Å². The van der Waals surface area contributed by atoms with Crippen molar-refractivity contribution < 1.29 is 8.78 Å². The predicted octanol–water partition coefficient (Wildman–Crippen LogP) is 5.35. The summed E-state index contributed by atoms with van der Waals surface area (Å²) in [5, 5.41) is 0. The van der Waals surface area contributed by atoms with E-state index in [2.05, 4.69) is 20.9 Å². The van der Waals surface area contributed by atoms with Crippen LogP contribution in [0.5, 0.6) is 0 Å². The van der Waals surface area contributed by atoms with E-state index in [1.165, 1.54) is 12.1 Å². The third-order valence-electron chi connectivity index (χ3n) is 3.50. The standard InChI is InChI=1S/C15H11BrF2N2S/c1-8(9-4-2-3-5-11(9)17)20-14-6-10(16)12(18)7-13(14)19-15(20)21/h2-8H,1H3,(H,19,21). The van der Waals surface area contributed by atoms with Gasteiger partial charge in [-0.1, -0.05) is 18.2 Å². The molecule has 0 spiro atoms. The first kappa shape index (κ1) is 14.4. The molecule has 0 saturated carbocycles. The van der Waals surface area contributed by atoms with Gasteiger partial charge in [0.05, 0.1) is 21.5 Å². The Bertz CT molecular complexity index is 885. The monoisotopic (exact) mass is 368 g/mol. The molecule has 0 radical (unpaired) electrons. The van der Waals surface area contributed by atoms with Crippen molar-refractivity contribution in [1.29, 1.82) is 0 Å². The SMILES string of the molecule is CC(c1ccccc1F)n1c(=S)[nH]c2cc(F)c(Br)cc21. The molecule has 0 fully saturated rings. The highest BCUT2D eigenvalue weighted by Gasteiger charge is 2.17. The molecule has 1 N–H and O–H groups in total. The van der Waals surface area contributed by atoms with Crippen molar-refractivity contribution in [2.75, 3.05) is 0 Å². The lowest BCUT2D eigenvalue weighted by atomic mass is 10.1. The molecule has 0 saturated heterocycles. The topological polar surface area (TPSA) is 20.7 Å². The third-order valence-corrected chi connectivity index (χ3v) is 4.41. The maximum absolute atomic E-state index is 14.0. The molecule has 1 heterocycles. The van der Waals surface area contributed by atoms with Crippen LogP contribution in [0, 0.1) is 16.4 Å². The lowest BCUT2D eigenvalue weighted by Gasteiger charge is -2.16. The van der Waals surface area contributed by atoms with Crippen LogP contribution in [0.2, 0.25) is 0 Å². The highest BCUT2D eigenvalue weighted by atomic mass is 79.9. The molecule has 0 bridgehead atoms. The zero-order valence-electron chi connectivity index (χ0n) is 11.0. The first-order valence-electron chi connectivity index (χ1n) is 6.32. The van der Waals surface area contributed by atoms with Crippen molar-refractivity contribution in [3.05, 3.63) is 62.8 Å². The number of aromatic amines is 1. The fourth-order valence-electron chi connectivity index (χ4n) is 2.46. The maximum atomic E-state index is 14.0. The van der Waals surface area contributed by atoms with Gasteiger partial charge in [0.15, 0.2) is 4.77 Å². The summed E-state index contributed by atoms with van der Waals surface area (Å²) < 4.78 is 30.1. The van der Waals surface area contributed by atoms with E-state index in [0.717, 1.165) is 5.52 Å². The number of nitrogens with one attached hydrogen (secondary N) is 1. The Morgan fingerprint density at radius 3 is 2.62 bits per heavy atom. The molecule has 0 aliphatic carbocycles. The molecule has 1 aromatic heterocycles. The Balaban J connectivity index is 2.25. The van der Waals surface area contributed by atoms with Crippen LogP contribution >= 0.6 is 28.1 Å². The number of rotatable bonds is 2. The fourth-order valence-corrected chi connectivity index (χ4v) is 3.16. The second-order valence-corrected chi connectivity index (χ2v) is 6.02. The number of hydrogen-bond acceptors (Lipinski definition) is 1. The van der Waals surface area contributed by atoms with Crippen LogP contribution < -0.4 is 0 Å². The van der Waals surface area contributed by atoms with E-state index in [0.29, 0.717) is 20.3 Å². The average Bonchev–Trinajstić information content (AvgIpc) is 2.74. The van der Waals surface area contributed by atoms with Crippen molar-refractivity contribution in [1.82, 2.24) is 9.55 Å². The largest absolute Gasteiger partial charge is 0.330 e. The highest BCUT2D eigenvalue weighted by Crippen LogP contribution is 2.29. The van der Waals surface area contributed by atoms with Gasteiger partial charge in [-0.25, -0.2) is 8.78 Å². The molecule has 1 unspecified atom stereocenters. The molecular formula is C15H11BrF2N2S. The summed E-state index contributed by atoms with van der Waals surface area (Å²) in [6, 6.07) is 9.28. The van der Waals surface area contributed by atoms with E-state index in [9.17, 15) is 8.78 Å². The lowest BCUT2D eigenvalue weighted by molar-refractivity contribution is 0.561. The van der Waals surface area contributed by atoms with E-state index < -0.39 is 0 Å². The molecule has 2 nitrogen and oxygen atoms in total. The summed E-state index contributed by atoms with van der Waals surface area (Å²) in [6.45, 7) is 1.86. The van der Waals surface area contributed by atoms with E-state index >= 15 is 0 Å². The molecule has 1 atom stereocenters. The first-order chi connectivity index (χ1) is 9.99. The van der Waals surface area contributed by atoms with Gasteiger partial charge in [-0.15, -0.1) is 0 Å². The summed E-state index contributed by atoms with van der Waals surface area (Å²) in [4.78, 5) is 2.96.